The highest BCUT2D eigenvalue weighted by molar-refractivity contribution is 9.10. The maximum Gasteiger partial charge on any atom is 0.0547 e. The molecule has 0 fully saturated rings. The SMILES string of the molecule is CC1(C)c2ccccc2-c2ccc(-n3c4ccccc4c4ccc(-c5cccc(Br)c5)cc43)cc21. The van der Waals surface area contributed by atoms with Gasteiger partial charge in [-0.2, -0.15) is 0 Å². The van der Waals surface area contributed by atoms with Gasteiger partial charge in [-0.25, -0.2) is 0 Å². The number of para-hydroxylation sites is 1. The summed E-state index contributed by atoms with van der Waals surface area (Å²) in [5.74, 6) is 0. The van der Waals surface area contributed by atoms with Crippen LogP contribution in [-0.2, 0) is 5.41 Å². The molecular formula is C33H24BrN. The first-order valence-corrected chi connectivity index (χ1v) is 12.9. The van der Waals surface area contributed by atoms with Gasteiger partial charge < -0.3 is 4.57 Å². The molecule has 0 aliphatic heterocycles. The molecule has 6 aromatic rings. The van der Waals surface area contributed by atoms with E-state index in [4.69, 9.17) is 0 Å². The van der Waals surface area contributed by atoms with Crippen molar-refractivity contribution in [2.24, 2.45) is 0 Å². The second-order valence-electron chi connectivity index (χ2n) is 10.00. The van der Waals surface area contributed by atoms with E-state index in [1.165, 1.54) is 60.9 Å². The van der Waals surface area contributed by atoms with E-state index in [9.17, 15) is 0 Å². The minimum atomic E-state index is -0.0256. The average Bonchev–Trinajstić information content (AvgIpc) is 3.33. The summed E-state index contributed by atoms with van der Waals surface area (Å²) in [6.45, 7) is 4.69. The van der Waals surface area contributed by atoms with Crippen LogP contribution in [0.15, 0.2) is 114 Å². The summed E-state index contributed by atoms with van der Waals surface area (Å²) < 4.78 is 3.53. The Balaban J connectivity index is 1.51. The zero-order valence-electron chi connectivity index (χ0n) is 19.7. The lowest BCUT2D eigenvalue weighted by atomic mass is 9.82. The second-order valence-corrected chi connectivity index (χ2v) is 10.9. The molecule has 1 aromatic heterocycles. The molecule has 2 heteroatoms. The number of aromatic nitrogens is 1. The van der Waals surface area contributed by atoms with Gasteiger partial charge in [0.2, 0.25) is 0 Å². The Labute approximate surface area is 213 Å². The molecule has 0 amide bonds. The van der Waals surface area contributed by atoms with E-state index in [2.05, 4.69) is 144 Å². The minimum absolute atomic E-state index is 0.0256. The number of hydrogen-bond acceptors (Lipinski definition) is 0. The van der Waals surface area contributed by atoms with Crippen LogP contribution >= 0.6 is 15.9 Å². The molecule has 0 radical (unpaired) electrons. The highest BCUT2D eigenvalue weighted by atomic mass is 79.9. The van der Waals surface area contributed by atoms with Gasteiger partial charge in [0.05, 0.1) is 11.0 Å². The Kier molecular flexibility index (Phi) is 4.40. The Morgan fingerprint density at radius 2 is 1.31 bits per heavy atom. The molecule has 0 bridgehead atoms. The van der Waals surface area contributed by atoms with Gasteiger partial charge in [0.15, 0.2) is 0 Å². The number of nitrogens with zero attached hydrogens (tertiary/aromatic N) is 1. The molecule has 5 aromatic carbocycles. The number of benzene rings is 5. The topological polar surface area (TPSA) is 4.93 Å². The monoisotopic (exact) mass is 513 g/mol. The van der Waals surface area contributed by atoms with Crippen molar-refractivity contribution in [3.05, 3.63) is 125 Å². The van der Waals surface area contributed by atoms with Crippen LogP contribution in [-0.4, -0.2) is 4.57 Å². The fraction of sp³-hybridized carbons (Fsp3) is 0.0909. The Morgan fingerprint density at radius 3 is 2.20 bits per heavy atom. The zero-order chi connectivity index (χ0) is 23.7. The first kappa shape index (κ1) is 20.7. The predicted octanol–water partition coefficient (Wildman–Crippen LogP) is 9.52. The van der Waals surface area contributed by atoms with Crippen molar-refractivity contribution in [1.82, 2.24) is 4.57 Å². The lowest BCUT2D eigenvalue weighted by Crippen LogP contribution is -2.15. The van der Waals surface area contributed by atoms with Crippen LogP contribution < -0.4 is 0 Å². The Morgan fingerprint density at radius 1 is 0.571 bits per heavy atom. The molecule has 1 aliphatic carbocycles. The highest BCUT2D eigenvalue weighted by Crippen LogP contribution is 2.49. The molecule has 35 heavy (non-hydrogen) atoms. The van der Waals surface area contributed by atoms with Crippen LogP contribution in [0.25, 0.3) is 49.7 Å². The lowest BCUT2D eigenvalue weighted by molar-refractivity contribution is 0.660. The Bertz CT molecular complexity index is 1790. The van der Waals surface area contributed by atoms with Gasteiger partial charge in [-0.3, -0.25) is 0 Å². The van der Waals surface area contributed by atoms with Gasteiger partial charge in [-0.15, -0.1) is 0 Å². The van der Waals surface area contributed by atoms with Crippen LogP contribution in [0.2, 0.25) is 0 Å². The maximum absolute atomic E-state index is 3.63. The molecule has 0 unspecified atom stereocenters. The Hall–Kier alpha value is -3.62. The quantitative estimate of drug-likeness (QED) is 0.217. The van der Waals surface area contributed by atoms with Gasteiger partial charge in [-0.05, 0) is 69.8 Å². The fourth-order valence-electron chi connectivity index (χ4n) is 5.93. The molecule has 1 nitrogen and oxygen atoms in total. The molecule has 1 heterocycles. The summed E-state index contributed by atoms with van der Waals surface area (Å²) in [6.07, 6.45) is 0. The van der Waals surface area contributed by atoms with Gasteiger partial charge in [0, 0.05) is 26.3 Å². The molecule has 0 spiro atoms. The summed E-state index contributed by atoms with van der Waals surface area (Å²) in [6, 6.07) is 40.0. The van der Waals surface area contributed by atoms with Gasteiger partial charge in [0.1, 0.15) is 0 Å². The van der Waals surface area contributed by atoms with Crippen molar-refractivity contribution in [2.75, 3.05) is 0 Å². The molecule has 7 rings (SSSR count). The van der Waals surface area contributed by atoms with Crippen molar-refractivity contribution < 1.29 is 0 Å². The van der Waals surface area contributed by atoms with Crippen LogP contribution in [0.1, 0.15) is 25.0 Å². The standard InChI is InChI=1S/C33H24BrN/c1-33(2)29-12-5-3-10-25(29)26-17-15-24(20-30(26)33)35-31-13-6-4-11-27(31)28-16-14-22(19-32(28)35)21-8-7-9-23(34)18-21/h3-20H,1-2H3. The first-order valence-electron chi connectivity index (χ1n) is 12.1. The van der Waals surface area contributed by atoms with Crippen molar-refractivity contribution in [2.45, 2.75) is 19.3 Å². The number of halogens is 1. The third-order valence-electron chi connectivity index (χ3n) is 7.66. The molecule has 0 atom stereocenters. The first-order chi connectivity index (χ1) is 17.0. The van der Waals surface area contributed by atoms with Crippen molar-refractivity contribution >= 4 is 37.7 Å². The van der Waals surface area contributed by atoms with Crippen LogP contribution in [0.4, 0.5) is 0 Å². The summed E-state index contributed by atoms with van der Waals surface area (Å²) in [5.41, 5.74) is 11.6. The van der Waals surface area contributed by atoms with E-state index in [0.717, 1.165) is 4.47 Å². The normalized spacial score (nSPS) is 13.8. The number of hydrogen-bond donors (Lipinski definition) is 0. The van der Waals surface area contributed by atoms with Crippen LogP contribution in [0.5, 0.6) is 0 Å². The van der Waals surface area contributed by atoms with Crippen molar-refractivity contribution in [3.63, 3.8) is 0 Å². The fourth-order valence-corrected chi connectivity index (χ4v) is 6.33. The highest BCUT2D eigenvalue weighted by Gasteiger charge is 2.35. The smallest absolute Gasteiger partial charge is 0.0547 e. The van der Waals surface area contributed by atoms with E-state index in [1.807, 2.05) is 0 Å². The maximum atomic E-state index is 3.63. The predicted molar refractivity (Wildman–Crippen MR) is 151 cm³/mol. The van der Waals surface area contributed by atoms with E-state index in [1.54, 1.807) is 0 Å². The number of rotatable bonds is 2. The van der Waals surface area contributed by atoms with E-state index in [0.29, 0.717) is 0 Å². The van der Waals surface area contributed by atoms with E-state index < -0.39 is 0 Å². The lowest BCUT2D eigenvalue weighted by Gasteiger charge is -2.22. The van der Waals surface area contributed by atoms with Crippen molar-refractivity contribution in [1.29, 1.82) is 0 Å². The van der Waals surface area contributed by atoms with E-state index >= 15 is 0 Å². The second kappa shape index (κ2) is 7.44. The summed E-state index contributed by atoms with van der Waals surface area (Å²) in [5, 5.41) is 2.56. The summed E-state index contributed by atoms with van der Waals surface area (Å²) in [7, 11) is 0. The molecule has 0 N–H and O–H groups in total. The molecule has 168 valence electrons. The number of fused-ring (bicyclic) bond motifs is 6. The molecule has 0 saturated heterocycles. The van der Waals surface area contributed by atoms with Crippen molar-refractivity contribution in [3.8, 4) is 27.9 Å². The molecule has 1 aliphatic rings. The average molecular weight is 514 g/mol. The largest absolute Gasteiger partial charge is 0.309 e. The van der Waals surface area contributed by atoms with Crippen LogP contribution in [0, 0.1) is 0 Å². The van der Waals surface area contributed by atoms with Gasteiger partial charge >= 0.3 is 0 Å². The van der Waals surface area contributed by atoms with Gasteiger partial charge in [0.25, 0.3) is 0 Å². The minimum Gasteiger partial charge on any atom is -0.309 e. The van der Waals surface area contributed by atoms with E-state index in [-0.39, 0.29) is 5.41 Å². The molecule has 0 saturated carbocycles. The molecular weight excluding hydrogens is 490 g/mol. The third-order valence-corrected chi connectivity index (χ3v) is 8.15. The summed E-state index contributed by atoms with van der Waals surface area (Å²) in [4.78, 5) is 0. The van der Waals surface area contributed by atoms with Crippen LogP contribution in [0.3, 0.4) is 0 Å². The third kappa shape index (κ3) is 3.00. The summed E-state index contributed by atoms with van der Waals surface area (Å²) >= 11 is 3.63. The van der Waals surface area contributed by atoms with Gasteiger partial charge in [-0.1, -0.05) is 103 Å². The zero-order valence-corrected chi connectivity index (χ0v) is 21.3.